The fraction of sp³-hybridized carbons (Fsp3) is 0.889. The van der Waals surface area contributed by atoms with Crippen molar-refractivity contribution in [3.63, 3.8) is 0 Å². The predicted molar refractivity (Wildman–Crippen MR) is 41.0 cm³/mol. The van der Waals surface area contributed by atoms with Crippen molar-refractivity contribution in [3.8, 4) is 0 Å². The van der Waals surface area contributed by atoms with Crippen molar-refractivity contribution in [2.24, 2.45) is 11.8 Å². The highest BCUT2D eigenvalue weighted by atomic mass is 16.5. The van der Waals surface area contributed by atoms with E-state index in [2.05, 4.69) is 0 Å². The molecule has 0 bridgehead atoms. The summed E-state index contributed by atoms with van der Waals surface area (Å²) in [5.41, 5.74) is 0. The summed E-state index contributed by atoms with van der Waals surface area (Å²) in [5, 5.41) is 0. The molecule has 2 saturated carbocycles. The van der Waals surface area contributed by atoms with Gasteiger partial charge in [-0.25, -0.2) is 0 Å². The SMILES string of the molecule is CC(=O)OC(C1CC1)C1CC1. The second-order valence-corrected chi connectivity index (χ2v) is 3.75. The largest absolute Gasteiger partial charge is 0.462 e. The minimum Gasteiger partial charge on any atom is -0.462 e. The first-order chi connectivity index (χ1) is 5.27. The maximum absolute atomic E-state index is 10.7. The van der Waals surface area contributed by atoms with Gasteiger partial charge in [0.25, 0.3) is 0 Å². The molecule has 0 aromatic rings. The molecule has 11 heavy (non-hydrogen) atoms. The Balaban J connectivity index is 1.86. The van der Waals surface area contributed by atoms with Crippen molar-refractivity contribution < 1.29 is 9.53 Å². The molecular formula is C9H14O2. The van der Waals surface area contributed by atoms with Gasteiger partial charge in [-0.1, -0.05) is 0 Å². The van der Waals surface area contributed by atoms with Crippen LogP contribution in [0.2, 0.25) is 0 Å². The molecule has 2 fully saturated rings. The van der Waals surface area contributed by atoms with Crippen LogP contribution in [0.5, 0.6) is 0 Å². The van der Waals surface area contributed by atoms with Gasteiger partial charge in [0, 0.05) is 6.92 Å². The van der Waals surface area contributed by atoms with E-state index in [9.17, 15) is 4.79 Å². The quantitative estimate of drug-likeness (QED) is 0.579. The van der Waals surface area contributed by atoms with E-state index in [1.165, 1.54) is 32.6 Å². The Morgan fingerprint density at radius 2 is 1.73 bits per heavy atom. The summed E-state index contributed by atoms with van der Waals surface area (Å²) < 4.78 is 5.26. The number of hydrogen-bond donors (Lipinski definition) is 0. The third-order valence-corrected chi connectivity index (χ3v) is 2.48. The van der Waals surface area contributed by atoms with Crippen LogP contribution in [-0.4, -0.2) is 12.1 Å². The molecule has 0 saturated heterocycles. The lowest BCUT2D eigenvalue weighted by atomic mass is 10.1. The molecule has 0 aliphatic heterocycles. The van der Waals surface area contributed by atoms with E-state index in [1.54, 1.807) is 0 Å². The molecule has 62 valence electrons. The Hall–Kier alpha value is -0.530. The molecule has 0 radical (unpaired) electrons. The zero-order valence-electron chi connectivity index (χ0n) is 6.88. The zero-order valence-corrected chi connectivity index (χ0v) is 6.88. The number of ether oxygens (including phenoxy) is 1. The van der Waals surface area contributed by atoms with Crippen LogP contribution in [0.1, 0.15) is 32.6 Å². The van der Waals surface area contributed by atoms with Gasteiger partial charge < -0.3 is 4.74 Å². The first-order valence-electron chi connectivity index (χ1n) is 4.44. The normalized spacial score (nSPS) is 23.8. The Kier molecular flexibility index (Phi) is 1.63. The van der Waals surface area contributed by atoms with Crippen LogP contribution in [0.4, 0.5) is 0 Å². The lowest BCUT2D eigenvalue weighted by Crippen LogP contribution is -2.20. The van der Waals surface area contributed by atoms with E-state index >= 15 is 0 Å². The van der Waals surface area contributed by atoms with Crippen molar-refractivity contribution in [3.05, 3.63) is 0 Å². The van der Waals surface area contributed by atoms with Crippen LogP contribution >= 0.6 is 0 Å². The Labute approximate surface area is 66.9 Å². The van der Waals surface area contributed by atoms with Gasteiger partial charge in [-0.2, -0.15) is 0 Å². The van der Waals surface area contributed by atoms with Crippen molar-refractivity contribution in [2.75, 3.05) is 0 Å². The maximum Gasteiger partial charge on any atom is 0.302 e. The minimum atomic E-state index is -0.103. The molecular weight excluding hydrogens is 140 g/mol. The number of carbonyl (C=O) groups excluding carboxylic acids is 1. The van der Waals surface area contributed by atoms with Crippen LogP contribution in [0.25, 0.3) is 0 Å². The summed E-state index contributed by atoms with van der Waals surface area (Å²) in [5.74, 6) is 1.33. The van der Waals surface area contributed by atoms with E-state index in [0.29, 0.717) is 11.8 Å². The molecule has 0 amide bonds. The molecule has 2 heteroatoms. The first-order valence-corrected chi connectivity index (χ1v) is 4.44. The molecule has 0 unspecified atom stereocenters. The summed E-state index contributed by atoms with van der Waals surface area (Å²) in [6.45, 7) is 1.51. The number of rotatable bonds is 3. The smallest absolute Gasteiger partial charge is 0.302 e. The Bertz CT molecular complexity index is 156. The van der Waals surface area contributed by atoms with Crippen LogP contribution in [0.15, 0.2) is 0 Å². The van der Waals surface area contributed by atoms with Crippen molar-refractivity contribution in [2.45, 2.75) is 38.7 Å². The summed E-state index contributed by atoms with van der Waals surface area (Å²) in [6, 6.07) is 0. The molecule has 2 nitrogen and oxygen atoms in total. The van der Waals surface area contributed by atoms with Crippen LogP contribution in [0.3, 0.4) is 0 Å². The van der Waals surface area contributed by atoms with Gasteiger partial charge in [-0.05, 0) is 37.5 Å². The van der Waals surface area contributed by atoms with Crippen molar-refractivity contribution in [1.82, 2.24) is 0 Å². The topological polar surface area (TPSA) is 26.3 Å². The predicted octanol–water partition coefficient (Wildman–Crippen LogP) is 1.74. The van der Waals surface area contributed by atoms with Gasteiger partial charge in [0.1, 0.15) is 6.10 Å². The third kappa shape index (κ3) is 1.73. The van der Waals surface area contributed by atoms with Gasteiger partial charge in [-0.15, -0.1) is 0 Å². The molecule has 0 N–H and O–H groups in total. The Morgan fingerprint density at radius 3 is 2.00 bits per heavy atom. The van der Waals surface area contributed by atoms with Crippen LogP contribution in [-0.2, 0) is 9.53 Å². The molecule has 0 aromatic carbocycles. The van der Waals surface area contributed by atoms with Gasteiger partial charge in [-0.3, -0.25) is 4.79 Å². The van der Waals surface area contributed by atoms with Crippen LogP contribution in [0, 0.1) is 11.8 Å². The van der Waals surface area contributed by atoms with E-state index in [4.69, 9.17) is 4.74 Å². The molecule has 0 spiro atoms. The highest BCUT2D eigenvalue weighted by molar-refractivity contribution is 5.66. The average Bonchev–Trinajstić information content (AvgIpc) is 2.79. The van der Waals surface area contributed by atoms with E-state index in [1.807, 2.05) is 0 Å². The molecule has 0 aromatic heterocycles. The monoisotopic (exact) mass is 154 g/mol. The van der Waals surface area contributed by atoms with E-state index in [-0.39, 0.29) is 12.1 Å². The summed E-state index contributed by atoms with van der Waals surface area (Å²) in [4.78, 5) is 10.7. The van der Waals surface area contributed by atoms with Crippen molar-refractivity contribution in [1.29, 1.82) is 0 Å². The average molecular weight is 154 g/mol. The first kappa shape index (κ1) is 7.14. The Morgan fingerprint density at radius 1 is 1.27 bits per heavy atom. The number of hydrogen-bond acceptors (Lipinski definition) is 2. The van der Waals surface area contributed by atoms with Gasteiger partial charge in [0.15, 0.2) is 0 Å². The molecule has 0 heterocycles. The summed E-state index contributed by atoms with van der Waals surface area (Å²) in [6.07, 6.45) is 5.37. The third-order valence-electron chi connectivity index (χ3n) is 2.48. The molecule has 2 aliphatic rings. The van der Waals surface area contributed by atoms with Crippen LogP contribution < -0.4 is 0 Å². The summed E-state index contributed by atoms with van der Waals surface area (Å²) >= 11 is 0. The maximum atomic E-state index is 10.7. The summed E-state index contributed by atoms with van der Waals surface area (Å²) in [7, 11) is 0. The van der Waals surface area contributed by atoms with Gasteiger partial charge >= 0.3 is 5.97 Å². The molecule has 2 aliphatic carbocycles. The van der Waals surface area contributed by atoms with Gasteiger partial charge in [0.2, 0.25) is 0 Å². The van der Waals surface area contributed by atoms with E-state index in [0.717, 1.165) is 0 Å². The van der Waals surface area contributed by atoms with Gasteiger partial charge in [0.05, 0.1) is 0 Å². The highest BCUT2D eigenvalue weighted by Crippen LogP contribution is 2.46. The fourth-order valence-corrected chi connectivity index (χ4v) is 1.62. The fourth-order valence-electron chi connectivity index (χ4n) is 1.62. The lowest BCUT2D eigenvalue weighted by molar-refractivity contribution is -0.148. The minimum absolute atomic E-state index is 0.103. The van der Waals surface area contributed by atoms with Crippen molar-refractivity contribution >= 4 is 5.97 Å². The number of esters is 1. The zero-order chi connectivity index (χ0) is 7.84. The standard InChI is InChI=1S/C9H14O2/c1-6(10)11-9(7-2-3-7)8-4-5-8/h7-9H,2-5H2,1H3. The second kappa shape index (κ2) is 2.50. The second-order valence-electron chi connectivity index (χ2n) is 3.75. The molecule has 2 rings (SSSR count). The van der Waals surface area contributed by atoms with E-state index < -0.39 is 0 Å². The highest BCUT2D eigenvalue weighted by Gasteiger charge is 2.43. The lowest BCUT2D eigenvalue weighted by Gasteiger charge is -2.14. The number of carbonyl (C=O) groups is 1. The molecule has 0 atom stereocenters.